The smallest absolute Gasteiger partial charge is 0.274 e. The van der Waals surface area contributed by atoms with E-state index >= 15 is 0 Å². The number of pyridine rings is 2. The zero-order chi connectivity index (χ0) is 19.2. The van der Waals surface area contributed by atoms with Gasteiger partial charge in [0.05, 0.1) is 10.7 Å². The van der Waals surface area contributed by atoms with Gasteiger partial charge in [-0.3, -0.25) is 19.6 Å². The topological polar surface area (TPSA) is 75.2 Å². The lowest BCUT2D eigenvalue weighted by Crippen LogP contribution is -2.27. The third-order valence-electron chi connectivity index (χ3n) is 3.87. The maximum Gasteiger partial charge on any atom is 0.274 e. The van der Waals surface area contributed by atoms with Crippen molar-refractivity contribution in [3.8, 4) is 0 Å². The van der Waals surface area contributed by atoms with Gasteiger partial charge in [-0.1, -0.05) is 35.9 Å². The van der Waals surface area contributed by atoms with Gasteiger partial charge in [0.25, 0.3) is 11.8 Å². The second-order valence-corrected chi connectivity index (χ2v) is 6.23. The van der Waals surface area contributed by atoms with E-state index in [2.05, 4.69) is 15.3 Å². The molecule has 1 N–H and O–H groups in total. The molecule has 0 aliphatic rings. The number of carbonyl (C=O) groups excluding carboxylic acids is 2. The number of nitrogens with zero attached hydrogens (tertiary/aromatic N) is 3. The lowest BCUT2D eigenvalue weighted by atomic mass is 10.1. The Hall–Kier alpha value is -3.25. The number of rotatable bonds is 5. The van der Waals surface area contributed by atoms with Crippen LogP contribution >= 0.6 is 11.6 Å². The maximum absolute atomic E-state index is 12.5. The van der Waals surface area contributed by atoms with E-state index in [4.69, 9.17) is 11.6 Å². The molecule has 1 aromatic carbocycles. The standard InChI is InChI=1S/C20H17ClN4O2/c1-25(20(27)17-10-3-5-12-23-17)13-14-7-6-8-15(21)18(14)24-19(26)16-9-2-4-11-22-16/h2-12H,13H2,1H3,(H,24,26). The van der Waals surface area contributed by atoms with Crippen molar-refractivity contribution < 1.29 is 9.59 Å². The number of amides is 2. The Morgan fingerprint density at radius 1 is 0.963 bits per heavy atom. The number of nitrogens with one attached hydrogen (secondary N) is 1. The first-order chi connectivity index (χ1) is 13.1. The van der Waals surface area contributed by atoms with Gasteiger partial charge in [0.15, 0.2) is 0 Å². The molecular formula is C20H17ClN4O2. The Labute approximate surface area is 161 Å². The van der Waals surface area contributed by atoms with E-state index in [1.165, 1.54) is 4.90 Å². The first-order valence-corrected chi connectivity index (χ1v) is 8.60. The zero-order valence-electron chi connectivity index (χ0n) is 14.6. The highest BCUT2D eigenvalue weighted by Crippen LogP contribution is 2.27. The minimum atomic E-state index is -0.372. The molecule has 0 spiro atoms. The van der Waals surface area contributed by atoms with Crippen molar-refractivity contribution in [2.24, 2.45) is 0 Å². The lowest BCUT2D eigenvalue weighted by molar-refractivity contribution is 0.0779. The van der Waals surface area contributed by atoms with Crippen LogP contribution in [0.4, 0.5) is 5.69 Å². The average Bonchev–Trinajstić information content (AvgIpc) is 2.71. The summed E-state index contributed by atoms with van der Waals surface area (Å²) in [4.78, 5) is 34.6. The fourth-order valence-electron chi connectivity index (χ4n) is 2.53. The van der Waals surface area contributed by atoms with E-state index in [1.54, 1.807) is 68.0 Å². The van der Waals surface area contributed by atoms with Crippen LogP contribution in [0.25, 0.3) is 0 Å². The third kappa shape index (κ3) is 4.48. The van der Waals surface area contributed by atoms with Crippen LogP contribution in [0, 0.1) is 0 Å². The lowest BCUT2D eigenvalue weighted by Gasteiger charge is -2.20. The normalized spacial score (nSPS) is 10.3. The van der Waals surface area contributed by atoms with Crippen LogP contribution in [0.1, 0.15) is 26.5 Å². The molecule has 0 aliphatic heterocycles. The van der Waals surface area contributed by atoms with Gasteiger partial charge in [0.1, 0.15) is 11.4 Å². The van der Waals surface area contributed by atoms with Crippen LogP contribution in [0.3, 0.4) is 0 Å². The average molecular weight is 381 g/mol. The molecule has 0 bridgehead atoms. The molecule has 0 unspecified atom stereocenters. The van der Waals surface area contributed by atoms with Gasteiger partial charge in [-0.25, -0.2) is 0 Å². The van der Waals surface area contributed by atoms with Crippen molar-refractivity contribution in [2.75, 3.05) is 12.4 Å². The predicted octanol–water partition coefficient (Wildman–Crippen LogP) is 3.65. The minimum Gasteiger partial charge on any atom is -0.336 e. The molecule has 2 aromatic heterocycles. The molecule has 27 heavy (non-hydrogen) atoms. The van der Waals surface area contributed by atoms with E-state index in [-0.39, 0.29) is 24.1 Å². The maximum atomic E-state index is 12.5. The predicted molar refractivity (Wildman–Crippen MR) is 104 cm³/mol. The van der Waals surface area contributed by atoms with E-state index in [9.17, 15) is 9.59 Å². The Bertz CT molecular complexity index is 949. The number of hydrogen-bond acceptors (Lipinski definition) is 4. The first kappa shape index (κ1) is 18.5. The van der Waals surface area contributed by atoms with Crippen molar-refractivity contribution in [2.45, 2.75) is 6.54 Å². The van der Waals surface area contributed by atoms with Gasteiger partial charge >= 0.3 is 0 Å². The molecule has 0 fully saturated rings. The minimum absolute atomic E-state index is 0.224. The Kier molecular flexibility index (Phi) is 5.78. The fourth-order valence-corrected chi connectivity index (χ4v) is 2.77. The molecule has 6 nitrogen and oxygen atoms in total. The van der Waals surface area contributed by atoms with Crippen molar-refractivity contribution in [1.82, 2.24) is 14.9 Å². The van der Waals surface area contributed by atoms with Crippen LogP contribution < -0.4 is 5.32 Å². The summed E-state index contributed by atoms with van der Waals surface area (Å²) in [6.45, 7) is 0.258. The summed E-state index contributed by atoms with van der Waals surface area (Å²) in [7, 11) is 1.67. The van der Waals surface area contributed by atoms with Crippen LogP contribution in [-0.2, 0) is 6.54 Å². The number of para-hydroxylation sites is 1. The summed E-state index contributed by atoms with van der Waals surface area (Å²) in [6.07, 6.45) is 3.11. The van der Waals surface area contributed by atoms with E-state index in [1.807, 2.05) is 6.07 Å². The van der Waals surface area contributed by atoms with Crippen LogP contribution in [0.2, 0.25) is 5.02 Å². The van der Waals surface area contributed by atoms with Crippen molar-refractivity contribution in [3.05, 3.63) is 89.0 Å². The first-order valence-electron chi connectivity index (χ1n) is 8.22. The van der Waals surface area contributed by atoms with E-state index in [0.29, 0.717) is 22.0 Å². The van der Waals surface area contributed by atoms with Crippen LogP contribution in [0.15, 0.2) is 67.0 Å². The molecule has 3 aromatic rings. The second-order valence-electron chi connectivity index (χ2n) is 5.82. The molecular weight excluding hydrogens is 364 g/mol. The SMILES string of the molecule is CN(Cc1cccc(Cl)c1NC(=O)c1ccccn1)C(=O)c1ccccn1. The van der Waals surface area contributed by atoms with Crippen molar-refractivity contribution in [1.29, 1.82) is 0 Å². The molecule has 0 saturated heterocycles. The summed E-state index contributed by atoms with van der Waals surface area (Å²) in [5, 5.41) is 3.18. The summed E-state index contributed by atoms with van der Waals surface area (Å²) >= 11 is 6.29. The quantitative estimate of drug-likeness (QED) is 0.733. The van der Waals surface area contributed by atoms with Gasteiger partial charge in [-0.05, 0) is 35.9 Å². The summed E-state index contributed by atoms with van der Waals surface area (Å²) in [6, 6.07) is 15.5. The molecule has 0 aliphatic carbocycles. The summed E-state index contributed by atoms with van der Waals surface area (Å²) in [5.41, 5.74) is 1.79. The monoisotopic (exact) mass is 380 g/mol. The van der Waals surface area contributed by atoms with Gasteiger partial charge in [-0.2, -0.15) is 0 Å². The van der Waals surface area contributed by atoms with Crippen LogP contribution in [-0.4, -0.2) is 33.7 Å². The molecule has 0 atom stereocenters. The Balaban J connectivity index is 1.81. The Morgan fingerprint density at radius 2 is 1.63 bits per heavy atom. The number of hydrogen-bond donors (Lipinski definition) is 1. The van der Waals surface area contributed by atoms with Crippen molar-refractivity contribution in [3.63, 3.8) is 0 Å². The summed E-state index contributed by atoms with van der Waals surface area (Å²) < 4.78 is 0. The molecule has 136 valence electrons. The molecule has 0 saturated carbocycles. The molecule has 3 rings (SSSR count). The number of benzene rings is 1. The molecule has 2 amide bonds. The molecule has 2 heterocycles. The van der Waals surface area contributed by atoms with Gasteiger partial charge in [-0.15, -0.1) is 0 Å². The van der Waals surface area contributed by atoms with Gasteiger partial charge in [0, 0.05) is 26.0 Å². The number of carbonyl (C=O) groups is 2. The van der Waals surface area contributed by atoms with Crippen LogP contribution in [0.5, 0.6) is 0 Å². The van der Waals surface area contributed by atoms with E-state index < -0.39 is 0 Å². The van der Waals surface area contributed by atoms with E-state index in [0.717, 1.165) is 0 Å². The fraction of sp³-hybridized carbons (Fsp3) is 0.100. The Morgan fingerprint density at radius 3 is 2.26 bits per heavy atom. The molecule has 0 radical (unpaired) electrons. The number of anilines is 1. The summed E-state index contributed by atoms with van der Waals surface area (Å²) in [5.74, 6) is -0.596. The number of halogens is 1. The molecule has 7 heteroatoms. The highest BCUT2D eigenvalue weighted by molar-refractivity contribution is 6.34. The second kappa shape index (κ2) is 8.42. The highest BCUT2D eigenvalue weighted by atomic mass is 35.5. The van der Waals surface area contributed by atoms with Gasteiger partial charge < -0.3 is 10.2 Å². The highest BCUT2D eigenvalue weighted by Gasteiger charge is 2.17. The number of aromatic nitrogens is 2. The largest absolute Gasteiger partial charge is 0.336 e. The third-order valence-corrected chi connectivity index (χ3v) is 4.19. The zero-order valence-corrected chi connectivity index (χ0v) is 15.3. The van der Waals surface area contributed by atoms with Crippen molar-refractivity contribution >= 4 is 29.1 Å². The van der Waals surface area contributed by atoms with Gasteiger partial charge in [0.2, 0.25) is 0 Å².